The standard InChI is InChI=1S/C13H21N3O2/c1-9-5-10(2)7-16(6-9)8-11-3-4-18-12(11)13(17)15-14/h3-4,9-10H,5-8,14H2,1-2H3,(H,15,17). The molecule has 3 N–H and O–H groups in total. The smallest absolute Gasteiger partial charge is 0.301 e. The van der Waals surface area contributed by atoms with Crippen LogP contribution in [0.4, 0.5) is 0 Å². The van der Waals surface area contributed by atoms with Gasteiger partial charge in [0.15, 0.2) is 5.76 Å². The highest BCUT2D eigenvalue weighted by Gasteiger charge is 2.24. The average molecular weight is 251 g/mol. The molecule has 1 saturated heterocycles. The number of amides is 1. The maximum atomic E-state index is 11.5. The predicted molar refractivity (Wildman–Crippen MR) is 68.6 cm³/mol. The number of nitrogens with two attached hydrogens (primary N) is 1. The first-order valence-electron chi connectivity index (χ1n) is 6.39. The highest BCUT2D eigenvalue weighted by Crippen LogP contribution is 2.23. The fourth-order valence-corrected chi connectivity index (χ4v) is 2.89. The summed E-state index contributed by atoms with van der Waals surface area (Å²) in [6.07, 6.45) is 2.81. The van der Waals surface area contributed by atoms with E-state index in [2.05, 4.69) is 24.2 Å². The summed E-state index contributed by atoms with van der Waals surface area (Å²) < 4.78 is 5.19. The first-order chi connectivity index (χ1) is 8.60. The second kappa shape index (κ2) is 5.54. The van der Waals surface area contributed by atoms with Crippen LogP contribution in [0.5, 0.6) is 0 Å². The van der Waals surface area contributed by atoms with Crippen molar-refractivity contribution in [1.29, 1.82) is 0 Å². The molecule has 5 heteroatoms. The zero-order valence-electron chi connectivity index (χ0n) is 11.0. The Kier molecular flexibility index (Phi) is 4.04. The summed E-state index contributed by atoms with van der Waals surface area (Å²) in [7, 11) is 0. The van der Waals surface area contributed by atoms with Crippen LogP contribution in [-0.4, -0.2) is 23.9 Å². The summed E-state index contributed by atoms with van der Waals surface area (Å²) in [4.78, 5) is 13.9. The molecule has 2 unspecified atom stereocenters. The Morgan fingerprint density at radius 1 is 1.50 bits per heavy atom. The van der Waals surface area contributed by atoms with Crippen LogP contribution in [0.1, 0.15) is 36.4 Å². The molecule has 0 radical (unpaired) electrons. The maximum absolute atomic E-state index is 11.5. The molecule has 1 aromatic heterocycles. The van der Waals surface area contributed by atoms with E-state index >= 15 is 0 Å². The highest BCUT2D eigenvalue weighted by molar-refractivity contribution is 5.92. The number of rotatable bonds is 3. The second-order valence-electron chi connectivity index (χ2n) is 5.39. The summed E-state index contributed by atoms with van der Waals surface area (Å²) >= 11 is 0. The third kappa shape index (κ3) is 2.91. The second-order valence-corrected chi connectivity index (χ2v) is 5.39. The lowest BCUT2D eigenvalue weighted by Gasteiger charge is -2.34. The minimum Gasteiger partial charge on any atom is -0.459 e. The Balaban J connectivity index is 2.05. The molecule has 5 nitrogen and oxygen atoms in total. The van der Waals surface area contributed by atoms with Gasteiger partial charge >= 0.3 is 5.91 Å². The molecule has 1 aromatic rings. The Labute approximate surface area is 107 Å². The zero-order chi connectivity index (χ0) is 13.1. The van der Waals surface area contributed by atoms with E-state index in [0.717, 1.165) is 25.2 Å². The number of furan rings is 1. The van der Waals surface area contributed by atoms with Crippen LogP contribution in [0.2, 0.25) is 0 Å². The van der Waals surface area contributed by atoms with Crippen LogP contribution in [0, 0.1) is 11.8 Å². The fraction of sp³-hybridized carbons (Fsp3) is 0.615. The van der Waals surface area contributed by atoms with E-state index in [9.17, 15) is 4.79 Å². The van der Waals surface area contributed by atoms with Gasteiger partial charge in [0.1, 0.15) is 0 Å². The molecule has 0 bridgehead atoms. The molecule has 0 saturated carbocycles. The van der Waals surface area contributed by atoms with Crippen LogP contribution in [-0.2, 0) is 6.54 Å². The summed E-state index contributed by atoms with van der Waals surface area (Å²) in [5.74, 6) is 6.49. The van der Waals surface area contributed by atoms with Crippen molar-refractivity contribution in [3.63, 3.8) is 0 Å². The van der Waals surface area contributed by atoms with Crippen molar-refractivity contribution >= 4 is 5.91 Å². The van der Waals surface area contributed by atoms with Crippen molar-refractivity contribution < 1.29 is 9.21 Å². The summed E-state index contributed by atoms with van der Waals surface area (Å²) in [6.45, 7) is 7.42. The molecule has 0 spiro atoms. The Morgan fingerprint density at radius 3 is 2.78 bits per heavy atom. The molecule has 2 rings (SSSR count). The first kappa shape index (κ1) is 13.1. The van der Waals surface area contributed by atoms with Crippen LogP contribution >= 0.6 is 0 Å². The van der Waals surface area contributed by atoms with Crippen LogP contribution in [0.3, 0.4) is 0 Å². The SMILES string of the molecule is CC1CC(C)CN(Cc2ccoc2C(=O)NN)C1. The van der Waals surface area contributed by atoms with Gasteiger partial charge in [-0.1, -0.05) is 13.8 Å². The molecule has 0 aromatic carbocycles. The number of piperidine rings is 1. The van der Waals surface area contributed by atoms with Crippen molar-refractivity contribution in [3.05, 3.63) is 23.7 Å². The van der Waals surface area contributed by atoms with Gasteiger partial charge in [0, 0.05) is 25.2 Å². The first-order valence-corrected chi connectivity index (χ1v) is 6.39. The van der Waals surface area contributed by atoms with E-state index in [0.29, 0.717) is 17.6 Å². The Bertz CT molecular complexity index is 406. The van der Waals surface area contributed by atoms with Gasteiger partial charge in [0.2, 0.25) is 0 Å². The summed E-state index contributed by atoms with van der Waals surface area (Å²) in [6, 6.07) is 1.84. The van der Waals surface area contributed by atoms with Gasteiger partial charge in [0.25, 0.3) is 0 Å². The molecular weight excluding hydrogens is 230 g/mol. The van der Waals surface area contributed by atoms with Crippen molar-refractivity contribution in [3.8, 4) is 0 Å². The van der Waals surface area contributed by atoms with Gasteiger partial charge in [-0.2, -0.15) is 0 Å². The molecule has 0 aliphatic carbocycles. The number of hydrogen-bond donors (Lipinski definition) is 2. The lowest BCUT2D eigenvalue weighted by Crippen LogP contribution is -2.38. The number of nitrogen functional groups attached to an aromatic ring is 1. The van der Waals surface area contributed by atoms with E-state index < -0.39 is 0 Å². The van der Waals surface area contributed by atoms with Crippen LogP contribution in [0.25, 0.3) is 0 Å². The largest absolute Gasteiger partial charge is 0.459 e. The van der Waals surface area contributed by atoms with Gasteiger partial charge in [0.05, 0.1) is 6.26 Å². The van der Waals surface area contributed by atoms with E-state index in [1.54, 1.807) is 0 Å². The summed E-state index contributed by atoms with van der Waals surface area (Å²) in [5.41, 5.74) is 3.01. The number of hydrogen-bond acceptors (Lipinski definition) is 4. The predicted octanol–water partition coefficient (Wildman–Crippen LogP) is 1.36. The minimum atomic E-state index is -0.367. The van der Waals surface area contributed by atoms with Gasteiger partial charge in [-0.3, -0.25) is 15.1 Å². The van der Waals surface area contributed by atoms with Crippen LogP contribution in [0.15, 0.2) is 16.7 Å². The fourth-order valence-electron chi connectivity index (χ4n) is 2.89. The van der Waals surface area contributed by atoms with E-state index in [4.69, 9.17) is 10.3 Å². The number of nitrogens with zero attached hydrogens (tertiary/aromatic N) is 1. The monoisotopic (exact) mass is 251 g/mol. The highest BCUT2D eigenvalue weighted by atomic mass is 16.3. The number of hydrazine groups is 1. The van der Waals surface area contributed by atoms with Crippen molar-refractivity contribution in [1.82, 2.24) is 10.3 Å². The lowest BCUT2D eigenvalue weighted by atomic mass is 9.91. The molecule has 2 atom stereocenters. The number of nitrogens with one attached hydrogen (secondary N) is 1. The van der Waals surface area contributed by atoms with Gasteiger partial charge in [-0.05, 0) is 24.3 Å². The minimum absolute atomic E-state index is 0.323. The van der Waals surface area contributed by atoms with Crippen LogP contribution < -0.4 is 11.3 Å². The lowest BCUT2D eigenvalue weighted by molar-refractivity contribution is 0.0919. The van der Waals surface area contributed by atoms with Crippen molar-refractivity contribution in [2.45, 2.75) is 26.8 Å². The molecule has 1 fully saturated rings. The number of carbonyl (C=O) groups is 1. The molecule has 100 valence electrons. The normalized spacial score (nSPS) is 25.1. The molecule has 18 heavy (non-hydrogen) atoms. The Hall–Kier alpha value is -1.33. The van der Waals surface area contributed by atoms with E-state index in [1.807, 2.05) is 6.07 Å². The quantitative estimate of drug-likeness (QED) is 0.483. The molecular formula is C13H21N3O2. The van der Waals surface area contributed by atoms with Crippen molar-refractivity contribution in [2.75, 3.05) is 13.1 Å². The van der Waals surface area contributed by atoms with E-state index in [-0.39, 0.29) is 5.91 Å². The van der Waals surface area contributed by atoms with Gasteiger partial charge in [-0.25, -0.2) is 5.84 Å². The summed E-state index contributed by atoms with van der Waals surface area (Å²) in [5, 5.41) is 0. The maximum Gasteiger partial charge on any atom is 0.301 e. The third-order valence-electron chi connectivity index (χ3n) is 3.42. The molecule has 1 aliphatic heterocycles. The zero-order valence-corrected chi connectivity index (χ0v) is 11.0. The molecule has 2 heterocycles. The van der Waals surface area contributed by atoms with Gasteiger partial charge < -0.3 is 4.42 Å². The molecule has 1 aliphatic rings. The van der Waals surface area contributed by atoms with Gasteiger partial charge in [-0.15, -0.1) is 0 Å². The number of likely N-dealkylation sites (tertiary alicyclic amines) is 1. The van der Waals surface area contributed by atoms with E-state index in [1.165, 1.54) is 12.7 Å². The average Bonchev–Trinajstić information content (AvgIpc) is 2.74. The third-order valence-corrected chi connectivity index (χ3v) is 3.42. The topological polar surface area (TPSA) is 71.5 Å². The Morgan fingerprint density at radius 2 is 2.17 bits per heavy atom. The molecule has 1 amide bonds. The number of carbonyl (C=O) groups excluding carboxylic acids is 1. The van der Waals surface area contributed by atoms with Crippen molar-refractivity contribution in [2.24, 2.45) is 17.7 Å².